The molecule has 1 amide bonds. The van der Waals surface area contributed by atoms with Gasteiger partial charge in [0.15, 0.2) is 5.96 Å². The molecule has 9 heteroatoms. The first-order valence-electron chi connectivity index (χ1n) is 9.66. The Labute approximate surface area is 191 Å². The molecule has 0 radical (unpaired) electrons. The number of guanidine groups is 1. The minimum atomic E-state index is -0.0329. The van der Waals surface area contributed by atoms with Crippen LogP contribution in [0, 0.1) is 0 Å². The molecule has 1 heterocycles. The van der Waals surface area contributed by atoms with Gasteiger partial charge in [-0.05, 0) is 25.0 Å². The summed E-state index contributed by atoms with van der Waals surface area (Å²) in [5.74, 6) is 1.47. The summed E-state index contributed by atoms with van der Waals surface area (Å²) in [6, 6.07) is 8.37. The molecule has 2 rings (SSSR count). The van der Waals surface area contributed by atoms with Crippen molar-refractivity contribution < 1.29 is 14.3 Å². The first-order chi connectivity index (χ1) is 13.5. The van der Waals surface area contributed by atoms with Crippen molar-refractivity contribution in [3.05, 3.63) is 24.3 Å². The highest BCUT2D eigenvalue weighted by molar-refractivity contribution is 14.0. The van der Waals surface area contributed by atoms with Gasteiger partial charge in [0, 0.05) is 58.6 Å². The van der Waals surface area contributed by atoms with Crippen molar-refractivity contribution in [3.63, 3.8) is 0 Å². The molecule has 1 saturated heterocycles. The van der Waals surface area contributed by atoms with Crippen LogP contribution < -0.4 is 20.3 Å². The van der Waals surface area contributed by atoms with Gasteiger partial charge in [-0.15, -0.1) is 24.0 Å². The number of amides is 1. The van der Waals surface area contributed by atoms with Crippen molar-refractivity contribution in [2.75, 3.05) is 66.0 Å². The topological polar surface area (TPSA) is 78.4 Å². The summed E-state index contributed by atoms with van der Waals surface area (Å²) in [7, 11) is 6.81. The predicted octanol–water partition coefficient (Wildman–Crippen LogP) is 1.55. The predicted molar refractivity (Wildman–Crippen MR) is 128 cm³/mol. The van der Waals surface area contributed by atoms with Crippen molar-refractivity contribution in [1.29, 1.82) is 0 Å². The zero-order valence-corrected chi connectivity index (χ0v) is 20.1. The zero-order valence-electron chi connectivity index (χ0n) is 17.8. The van der Waals surface area contributed by atoms with Gasteiger partial charge in [0.05, 0.1) is 13.7 Å². The summed E-state index contributed by atoms with van der Waals surface area (Å²) >= 11 is 0. The van der Waals surface area contributed by atoms with E-state index >= 15 is 0 Å². The van der Waals surface area contributed by atoms with E-state index in [4.69, 9.17) is 9.47 Å². The number of carbonyl (C=O) groups excluding carboxylic acids is 1. The number of methoxy groups -OCH3 is 2. The number of likely N-dealkylation sites (N-methyl/N-ethyl adjacent to an activating group) is 1. The molecule has 164 valence electrons. The van der Waals surface area contributed by atoms with Crippen LogP contribution in [-0.4, -0.2) is 83.9 Å². The van der Waals surface area contributed by atoms with Crippen molar-refractivity contribution in [3.8, 4) is 5.75 Å². The van der Waals surface area contributed by atoms with Gasteiger partial charge in [-0.3, -0.25) is 4.79 Å². The van der Waals surface area contributed by atoms with Gasteiger partial charge < -0.3 is 29.9 Å². The van der Waals surface area contributed by atoms with Crippen LogP contribution in [0.3, 0.4) is 0 Å². The Hall–Kier alpha value is -1.75. The molecule has 0 aliphatic carbocycles. The highest BCUT2D eigenvalue weighted by Gasteiger charge is 2.21. The van der Waals surface area contributed by atoms with Gasteiger partial charge in [-0.25, -0.2) is 4.99 Å². The van der Waals surface area contributed by atoms with Gasteiger partial charge in [0.2, 0.25) is 5.91 Å². The van der Waals surface area contributed by atoms with Gasteiger partial charge in [-0.1, -0.05) is 6.07 Å². The van der Waals surface area contributed by atoms with E-state index in [2.05, 4.69) is 32.7 Å². The maximum absolute atomic E-state index is 11.9. The lowest BCUT2D eigenvalue weighted by atomic mass is 10.0. The lowest BCUT2D eigenvalue weighted by molar-refractivity contribution is -0.127. The number of anilines is 1. The summed E-state index contributed by atoms with van der Waals surface area (Å²) in [6.07, 6.45) is 2.13. The van der Waals surface area contributed by atoms with Gasteiger partial charge >= 0.3 is 0 Å². The normalized spacial score (nSPS) is 16.6. The minimum absolute atomic E-state index is 0. The number of hydrogen-bond donors (Lipinski definition) is 2. The third kappa shape index (κ3) is 8.65. The second-order valence-corrected chi connectivity index (χ2v) is 7.00. The van der Waals surface area contributed by atoms with Crippen LogP contribution in [0.4, 0.5) is 5.69 Å². The number of benzene rings is 1. The Morgan fingerprint density at radius 1 is 1.34 bits per heavy atom. The molecule has 0 bridgehead atoms. The number of halogens is 1. The molecule has 1 fully saturated rings. The van der Waals surface area contributed by atoms with Crippen molar-refractivity contribution in [2.45, 2.75) is 18.9 Å². The minimum Gasteiger partial charge on any atom is -0.497 e. The maximum atomic E-state index is 11.9. The Balaban J connectivity index is 0.00000420. The second kappa shape index (κ2) is 13.5. The third-order valence-electron chi connectivity index (χ3n) is 4.65. The Bertz CT molecular complexity index is 657. The molecule has 0 aromatic heterocycles. The number of nitrogens with zero attached hydrogens (tertiary/aromatic N) is 3. The summed E-state index contributed by atoms with van der Waals surface area (Å²) in [5, 5.41) is 6.72. The van der Waals surface area contributed by atoms with E-state index in [0.29, 0.717) is 19.1 Å². The molecule has 0 spiro atoms. The molecule has 1 aliphatic rings. The fraction of sp³-hybridized carbons (Fsp3) is 0.600. The van der Waals surface area contributed by atoms with E-state index in [0.717, 1.165) is 37.4 Å². The molecule has 8 nitrogen and oxygen atoms in total. The molecule has 0 saturated carbocycles. The number of ether oxygens (including phenoxy) is 2. The monoisotopic (exact) mass is 519 g/mol. The summed E-state index contributed by atoms with van der Waals surface area (Å²) in [5.41, 5.74) is 1.15. The van der Waals surface area contributed by atoms with E-state index in [1.54, 1.807) is 33.2 Å². The summed E-state index contributed by atoms with van der Waals surface area (Å²) < 4.78 is 10.4. The zero-order chi connectivity index (χ0) is 20.4. The fourth-order valence-corrected chi connectivity index (χ4v) is 3.04. The van der Waals surface area contributed by atoms with Crippen LogP contribution in [0.2, 0.25) is 0 Å². The van der Waals surface area contributed by atoms with Gasteiger partial charge in [-0.2, -0.15) is 0 Å². The number of piperidine rings is 1. The highest BCUT2D eigenvalue weighted by atomic mass is 127. The molecule has 29 heavy (non-hydrogen) atoms. The molecule has 1 aromatic rings. The van der Waals surface area contributed by atoms with Crippen LogP contribution in [-0.2, 0) is 9.53 Å². The van der Waals surface area contributed by atoms with Gasteiger partial charge in [0.1, 0.15) is 12.3 Å². The first-order valence-corrected chi connectivity index (χ1v) is 9.66. The average Bonchev–Trinajstić information content (AvgIpc) is 2.72. The van der Waals surface area contributed by atoms with Crippen LogP contribution in [0.5, 0.6) is 5.75 Å². The largest absolute Gasteiger partial charge is 0.497 e. The molecule has 1 atom stereocenters. The Morgan fingerprint density at radius 2 is 2.14 bits per heavy atom. The van der Waals surface area contributed by atoms with E-state index in [-0.39, 0.29) is 42.5 Å². The molecular formula is C20H34IN5O3. The molecular weight excluding hydrogens is 485 g/mol. The average molecular weight is 519 g/mol. The number of aliphatic imine (C=N–C) groups is 1. The smallest absolute Gasteiger partial charge is 0.243 e. The lowest BCUT2D eigenvalue weighted by Gasteiger charge is -2.35. The van der Waals surface area contributed by atoms with E-state index in [1.165, 1.54) is 0 Å². The maximum Gasteiger partial charge on any atom is 0.243 e. The summed E-state index contributed by atoms with van der Waals surface area (Å²) in [4.78, 5) is 20.2. The molecule has 1 unspecified atom stereocenters. The van der Waals surface area contributed by atoms with Crippen LogP contribution in [0.1, 0.15) is 12.8 Å². The standard InChI is InChI=1S/C20H33N5O3.HI/c1-24(2)19(26)14-22-20(21-10-12-27-3)23-16-7-6-11-25(15-16)17-8-5-9-18(13-17)28-4;/h5,8-9,13,16H,6-7,10-12,14-15H2,1-4H3,(H2,21,22,23);1H. The SMILES string of the molecule is COCCNC(=NCC(=O)N(C)C)NC1CCCN(c2cccc(OC)c2)C1.I. The van der Waals surface area contributed by atoms with Crippen LogP contribution >= 0.6 is 24.0 Å². The number of rotatable bonds is 8. The highest BCUT2D eigenvalue weighted by Crippen LogP contribution is 2.24. The molecule has 2 N–H and O–H groups in total. The van der Waals surface area contributed by atoms with E-state index in [9.17, 15) is 4.79 Å². The summed E-state index contributed by atoms with van der Waals surface area (Å²) in [6.45, 7) is 3.18. The lowest BCUT2D eigenvalue weighted by Crippen LogP contribution is -2.52. The number of nitrogens with one attached hydrogen (secondary N) is 2. The van der Waals surface area contributed by atoms with Gasteiger partial charge in [0.25, 0.3) is 0 Å². The van der Waals surface area contributed by atoms with E-state index < -0.39 is 0 Å². The second-order valence-electron chi connectivity index (χ2n) is 7.00. The van der Waals surface area contributed by atoms with Crippen molar-refractivity contribution in [1.82, 2.24) is 15.5 Å². The van der Waals surface area contributed by atoms with E-state index in [1.807, 2.05) is 12.1 Å². The number of carbonyl (C=O) groups is 1. The molecule has 1 aliphatic heterocycles. The van der Waals surface area contributed by atoms with Crippen molar-refractivity contribution >= 4 is 41.5 Å². The third-order valence-corrected chi connectivity index (χ3v) is 4.65. The fourth-order valence-electron chi connectivity index (χ4n) is 3.04. The quantitative estimate of drug-likeness (QED) is 0.235. The molecule has 1 aromatic carbocycles. The van der Waals surface area contributed by atoms with Crippen LogP contribution in [0.25, 0.3) is 0 Å². The first kappa shape index (κ1) is 25.3. The Kier molecular flexibility index (Phi) is 11.7. The Morgan fingerprint density at radius 3 is 2.83 bits per heavy atom. The van der Waals surface area contributed by atoms with Crippen LogP contribution in [0.15, 0.2) is 29.3 Å². The number of hydrogen-bond acceptors (Lipinski definition) is 5. The van der Waals surface area contributed by atoms with Crippen molar-refractivity contribution in [2.24, 2.45) is 4.99 Å².